The molecule has 0 saturated heterocycles. The van der Waals surface area contributed by atoms with Crippen molar-refractivity contribution >= 4 is 17.5 Å². The van der Waals surface area contributed by atoms with Crippen LogP contribution in [-0.4, -0.2) is 11.0 Å². The molecule has 1 N–H and O–H groups in total. The average molecular weight is 391 g/mol. The summed E-state index contributed by atoms with van der Waals surface area (Å²) in [7, 11) is 0. The van der Waals surface area contributed by atoms with Gasteiger partial charge in [0.1, 0.15) is 0 Å². The van der Waals surface area contributed by atoms with Crippen LogP contribution in [-0.2, 0) is 4.79 Å². The first-order valence-electron chi connectivity index (χ1n) is 10.0. The Labute approximate surface area is 171 Å². The highest BCUT2D eigenvalue weighted by atomic mass is 32.2. The lowest BCUT2D eigenvalue weighted by Gasteiger charge is -2.39. The number of nitrogens with zero attached hydrogens (tertiary/aromatic N) is 1. The van der Waals surface area contributed by atoms with Gasteiger partial charge in [-0.2, -0.15) is 5.26 Å². The summed E-state index contributed by atoms with van der Waals surface area (Å²) in [5.41, 5.74) is 3.46. The zero-order valence-electron chi connectivity index (χ0n) is 16.5. The van der Waals surface area contributed by atoms with E-state index >= 15 is 0 Å². The van der Waals surface area contributed by atoms with E-state index in [4.69, 9.17) is 0 Å². The zero-order chi connectivity index (χ0) is 19.7. The molecule has 0 saturated carbocycles. The predicted molar refractivity (Wildman–Crippen MR) is 114 cm³/mol. The number of ketones is 1. The van der Waals surface area contributed by atoms with Crippen molar-refractivity contribution < 1.29 is 4.79 Å². The molecule has 3 aliphatic rings. The number of nitrogens with one attached hydrogen (secondary N) is 1. The molecule has 0 spiro atoms. The lowest BCUT2D eigenvalue weighted by atomic mass is 9.69. The lowest BCUT2D eigenvalue weighted by molar-refractivity contribution is -0.118. The van der Waals surface area contributed by atoms with Crippen molar-refractivity contribution in [2.75, 3.05) is 0 Å². The van der Waals surface area contributed by atoms with Crippen LogP contribution in [0, 0.1) is 16.7 Å². The SMILES string of the molecule is CC1(C)CC(=O)C2=C(C1)NC(S[C@H]1C=CCCC1)=C(C#N)[C@@H]2c1ccccc1. The van der Waals surface area contributed by atoms with Crippen molar-refractivity contribution in [2.45, 2.75) is 57.1 Å². The minimum absolute atomic E-state index is 0.0607. The predicted octanol–water partition coefficient (Wildman–Crippen LogP) is 5.59. The topological polar surface area (TPSA) is 52.9 Å². The monoisotopic (exact) mass is 390 g/mol. The minimum Gasteiger partial charge on any atom is -0.352 e. The third kappa shape index (κ3) is 3.69. The maximum absolute atomic E-state index is 13.1. The molecule has 0 aromatic heterocycles. The molecule has 144 valence electrons. The summed E-state index contributed by atoms with van der Waals surface area (Å²) >= 11 is 1.74. The number of dihydropyridines is 1. The van der Waals surface area contributed by atoms with Crippen LogP contribution in [0.4, 0.5) is 0 Å². The second kappa shape index (κ2) is 7.64. The maximum Gasteiger partial charge on any atom is 0.162 e. The molecule has 4 rings (SSSR count). The summed E-state index contributed by atoms with van der Waals surface area (Å²) < 4.78 is 0. The second-order valence-corrected chi connectivity index (χ2v) is 9.92. The van der Waals surface area contributed by atoms with Crippen LogP contribution in [0.5, 0.6) is 0 Å². The first-order valence-corrected chi connectivity index (χ1v) is 10.9. The molecule has 1 heterocycles. The average Bonchev–Trinajstić information content (AvgIpc) is 2.67. The largest absolute Gasteiger partial charge is 0.352 e. The summed E-state index contributed by atoms with van der Waals surface area (Å²) in [6, 6.07) is 12.5. The van der Waals surface area contributed by atoms with E-state index in [0.29, 0.717) is 17.2 Å². The van der Waals surface area contributed by atoms with Crippen molar-refractivity contribution in [2.24, 2.45) is 5.41 Å². The number of carbonyl (C=O) groups is 1. The van der Waals surface area contributed by atoms with Crippen molar-refractivity contribution in [3.63, 3.8) is 0 Å². The van der Waals surface area contributed by atoms with Crippen molar-refractivity contribution in [3.05, 3.63) is 69.9 Å². The molecule has 0 bridgehead atoms. The normalized spacial score (nSPS) is 26.5. The van der Waals surface area contributed by atoms with E-state index in [1.165, 1.54) is 6.42 Å². The molecule has 0 amide bonds. The number of nitriles is 1. The Bertz CT molecular complexity index is 918. The molecular weight excluding hydrogens is 364 g/mol. The van der Waals surface area contributed by atoms with Crippen LogP contribution in [0.15, 0.2) is 64.4 Å². The number of benzene rings is 1. The fourth-order valence-corrected chi connectivity index (χ4v) is 5.73. The molecule has 0 fully saturated rings. The Morgan fingerprint density at radius 1 is 1.21 bits per heavy atom. The number of carbonyl (C=O) groups excluding carboxylic acids is 1. The number of rotatable bonds is 3. The molecule has 0 unspecified atom stereocenters. The smallest absolute Gasteiger partial charge is 0.162 e. The Kier molecular flexibility index (Phi) is 5.21. The van der Waals surface area contributed by atoms with E-state index in [9.17, 15) is 10.1 Å². The molecule has 3 nitrogen and oxygen atoms in total. The van der Waals surface area contributed by atoms with Gasteiger partial charge in [0, 0.05) is 22.9 Å². The van der Waals surface area contributed by atoms with Crippen molar-refractivity contribution in [3.8, 4) is 6.07 Å². The van der Waals surface area contributed by atoms with Crippen LogP contribution in [0.25, 0.3) is 0 Å². The van der Waals surface area contributed by atoms with Gasteiger partial charge in [-0.15, -0.1) is 0 Å². The molecule has 2 atom stereocenters. The standard InChI is InChI=1S/C24H26N2OS/c1-24(2)13-19-22(20(27)14-24)21(16-9-5-3-6-10-16)18(15-25)23(26-19)28-17-11-7-4-8-12-17/h3,5-7,9-11,17,21,26H,4,8,12-14H2,1-2H3/t17-,21-/m0/s1. The number of allylic oxidation sites excluding steroid dienone is 4. The van der Waals surface area contributed by atoms with Gasteiger partial charge in [-0.25, -0.2) is 0 Å². The highest BCUT2D eigenvalue weighted by molar-refractivity contribution is 8.03. The van der Waals surface area contributed by atoms with E-state index < -0.39 is 0 Å². The summed E-state index contributed by atoms with van der Waals surface area (Å²) in [4.78, 5) is 13.1. The van der Waals surface area contributed by atoms with Crippen LogP contribution in [0.3, 0.4) is 0 Å². The van der Waals surface area contributed by atoms with Crippen molar-refractivity contribution in [1.29, 1.82) is 5.26 Å². The van der Waals surface area contributed by atoms with Crippen molar-refractivity contribution in [1.82, 2.24) is 5.32 Å². The molecule has 1 aromatic carbocycles. The fraction of sp³-hybridized carbons (Fsp3) is 0.417. The number of thioether (sulfide) groups is 1. The Balaban J connectivity index is 1.80. The van der Waals surface area contributed by atoms with Crippen LogP contribution in [0.2, 0.25) is 0 Å². The third-order valence-electron chi connectivity index (χ3n) is 5.74. The Morgan fingerprint density at radius 3 is 2.68 bits per heavy atom. The van der Waals surface area contributed by atoms with Crippen LogP contribution < -0.4 is 5.32 Å². The van der Waals surface area contributed by atoms with Crippen LogP contribution >= 0.6 is 11.8 Å². The van der Waals surface area contributed by atoms with Gasteiger partial charge in [0.05, 0.1) is 22.6 Å². The van der Waals surface area contributed by atoms with Gasteiger partial charge < -0.3 is 5.32 Å². The second-order valence-electron chi connectivity index (χ2n) is 8.67. The Morgan fingerprint density at radius 2 is 2.00 bits per heavy atom. The highest BCUT2D eigenvalue weighted by Crippen LogP contribution is 2.48. The first kappa shape index (κ1) is 19.1. The summed E-state index contributed by atoms with van der Waals surface area (Å²) in [5, 5.41) is 14.9. The highest BCUT2D eigenvalue weighted by Gasteiger charge is 2.42. The van der Waals surface area contributed by atoms with Gasteiger partial charge in [0.2, 0.25) is 0 Å². The summed E-state index contributed by atoms with van der Waals surface area (Å²) in [6.45, 7) is 4.29. The van der Waals surface area contributed by atoms with Gasteiger partial charge in [0.25, 0.3) is 0 Å². The molecule has 1 aromatic rings. The van der Waals surface area contributed by atoms with E-state index in [0.717, 1.165) is 41.1 Å². The fourth-order valence-electron chi connectivity index (χ4n) is 4.48. The van der Waals surface area contributed by atoms with E-state index in [2.05, 4.69) is 37.4 Å². The molecule has 2 aliphatic carbocycles. The quantitative estimate of drug-likeness (QED) is 0.683. The molecule has 0 radical (unpaired) electrons. The van der Waals surface area contributed by atoms with E-state index in [1.807, 2.05) is 30.3 Å². The summed E-state index contributed by atoms with van der Waals surface area (Å²) in [5.74, 6) is -0.0944. The van der Waals surface area contributed by atoms with E-state index in [-0.39, 0.29) is 17.1 Å². The van der Waals surface area contributed by atoms with Gasteiger partial charge >= 0.3 is 0 Å². The van der Waals surface area contributed by atoms with Gasteiger partial charge in [-0.1, -0.05) is 68.1 Å². The number of hydrogen-bond acceptors (Lipinski definition) is 4. The number of Topliss-reactive ketones (excluding diaryl/α,β-unsaturated/α-hetero) is 1. The third-order valence-corrected chi connectivity index (χ3v) is 6.99. The lowest BCUT2D eigenvalue weighted by Crippen LogP contribution is -2.37. The Hall–Kier alpha value is -2.25. The van der Waals surface area contributed by atoms with Gasteiger partial charge in [0.15, 0.2) is 5.78 Å². The minimum atomic E-state index is -0.263. The van der Waals surface area contributed by atoms with Gasteiger partial charge in [-0.05, 0) is 36.7 Å². The molecule has 1 aliphatic heterocycles. The molecule has 28 heavy (non-hydrogen) atoms. The molecular formula is C24H26N2OS. The van der Waals surface area contributed by atoms with E-state index in [1.54, 1.807) is 11.8 Å². The van der Waals surface area contributed by atoms with Crippen LogP contribution in [0.1, 0.15) is 57.4 Å². The molecule has 4 heteroatoms. The zero-order valence-corrected chi connectivity index (χ0v) is 17.3. The summed E-state index contributed by atoms with van der Waals surface area (Å²) in [6.07, 6.45) is 9.31. The van der Waals surface area contributed by atoms with Gasteiger partial charge in [-0.3, -0.25) is 4.79 Å². The maximum atomic E-state index is 13.1. The number of hydrogen-bond donors (Lipinski definition) is 1. The first-order chi connectivity index (χ1) is 13.5.